The first-order valence-corrected chi connectivity index (χ1v) is 12.1. The molecule has 3 heterocycles. The summed E-state index contributed by atoms with van der Waals surface area (Å²) < 4.78 is 2.44. The van der Waals surface area contributed by atoms with E-state index in [1.165, 1.54) is 28.3 Å². The molecular formula is C24H27N5O4S. The normalized spacial score (nSPS) is 13.7. The number of hydrogen-bond donors (Lipinski definition) is 0. The summed E-state index contributed by atoms with van der Waals surface area (Å²) in [7, 11) is 3.04. The molecule has 2 aromatic heterocycles. The fourth-order valence-electron chi connectivity index (χ4n) is 3.85. The lowest BCUT2D eigenvalue weighted by Gasteiger charge is -2.19. The minimum atomic E-state index is -0.437. The summed E-state index contributed by atoms with van der Waals surface area (Å²) in [6.45, 7) is 6.26. The van der Waals surface area contributed by atoms with Crippen LogP contribution in [0.15, 0.2) is 38.9 Å². The van der Waals surface area contributed by atoms with Crippen molar-refractivity contribution in [1.82, 2.24) is 24.0 Å². The van der Waals surface area contributed by atoms with Gasteiger partial charge in [-0.3, -0.25) is 28.4 Å². The summed E-state index contributed by atoms with van der Waals surface area (Å²) in [6, 6.07) is 6.85. The molecule has 0 radical (unpaired) electrons. The van der Waals surface area contributed by atoms with Gasteiger partial charge in [-0.15, -0.1) is 11.8 Å². The van der Waals surface area contributed by atoms with E-state index in [9.17, 15) is 19.2 Å². The molecule has 0 spiro atoms. The van der Waals surface area contributed by atoms with Crippen molar-refractivity contribution in [3.05, 3.63) is 62.1 Å². The molecule has 1 aliphatic heterocycles. The number of imide groups is 1. The fraction of sp³-hybridized carbons (Fsp3) is 0.417. The van der Waals surface area contributed by atoms with Crippen molar-refractivity contribution in [2.75, 3.05) is 12.3 Å². The Balaban J connectivity index is 1.52. The molecule has 0 saturated carbocycles. The number of hydrogen-bond acceptors (Lipinski definition) is 7. The second-order valence-corrected chi connectivity index (χ2v) is 10.5. The van der Waals surface area contributed by atoms with Gasteiger partial charge >= 0.3 is 5.69 Å². The first-order chi connectivity index (χ1) is 16.0. The number of carbonyl (C=O) groups excluding carboxylic acids is 2. The highest BCUT2D eigenvalue weighted by atomic mass is 32.2. The van der Waals surface area contributed by atoms with Crippen molar-refractivity contribution >= 4 is 34.6 Å². The van der Waals surface area contributed by atoms with Crippen LogP contribution in [0.1, 0.15) is 60.2 Å². The molecule has 1 aromatic carbocycles. The Hall–Kier alpha value is -3.27. The Bertz CT molecular complexity index is 1400. The molecule has 4 rings (SSSR count). The van der Waals surface area contributed by atoms with Crippen molar-refractivity contribution in [1.29, 1.82) is 0 Å². The smallest absolute Gasteiger partial charge is 0.280 e. The van der Waals surface area contributed by atoms with E-state index in [2.05, 4.69) is 9.97 Å². The fourth-order valence-corrected chi connectivity index (χ4v) is 4.87. The number of amides is 2. The quantitative estimate of drug-likeness (QED) is 0.230. The predicted octanol–water partition coefficient (Wildman–Crippen LogP) is 2.49. The van der Waals surface area contributed by atoms with Gasteiger partial charge < -0.3 is 0 Å². The van der Waals surface area contributed by atoms with Crippen LogP contribution >= 0.6 is 11.8 Å². The average molecular weight is 482 g/mol. The molecule has 0 atom stereocenters. The van der Waals surface area contributed by atoms with E-state index < -0.39 is 11.2 Å². The number of nitrogens with zero attached hydrogens (tertiary/aromatic N) is 5. The second kappa shape index (κ2) is 8.83. The lowest BCUT2D eigenvalue weighted by molar-refractivity contribution is 0.0652. The lowest BCUT2D eigenvalue weighted by atomic mass is 9.96. The van der Waals surface area contributed by atoms with Gasteiger partial charge in [-0.1, -0.05) is 32.9 Å². The minimum absolute atomic E-state index is 0.255. The average Bonchev–Trinajstić information content (AvgIpc) is 3.05. The van der Waals surface area contributed by atoms with Crippen molar-refractivity contribution < 1.29 is 9.59 Å². The molecule has 9 nitrogen and oxygen atoms in total. The molecular weight excluding hydrogens is 454 g/mol. The predicted molar refractivity (Wildman–Crippen MR) is 130 cm³/mol. The third kappa shape index (κ3) is 4.06. The maximum absolute atomic E-state index is 12.9. The van der Waals surface area contributed by atoms with E-state index in [0.29, 0.717) is 58.1 Å². The van der Waals surface area contributed by atoms with E-state index in [1.807, 2.05) is 20.8 Å². The van der Waals surface area contributed by atoms with Gasteiger partial charge in [0.25, 0.3) is 17.4 Å². The maximum Gasteiger partial charge on any atom is 0.332 e. The third-order valence-corrected chi connectivity index (χ3v) is 6.89. The highest BCUT2D eigenvalue weighted by Gasteiger charge is 2.34. The first-order valence-electron chi connectivity index (χ1n) is 11.1. The zero-order chi connectivity index (χ0) is 24.8. The van der Waals surface area contributed by atoms with E-state index in [1.54, 1.807) is 31.3 Å². The molecule has 0 unspecified atom stereocenters. The van der Waals surface area contributed by atoms with E-state index in [0.717, 1.165) is 4.57 Å². The van der Waals surface area contributed by atoms with Crippen molar-refractivity contribution in [2.45, 2.75) is 44.1 Å². The third-order valence-electron chi connectivity index (χ3n) is 5.83. The summed E-state index contributed by atoms with van der Waals surface area (Å²) >= 11 is 1.42. The Labute approximate surface area is 200 Å². The second-order valence-electron chi connectivity index (χ2n) is 9.37. The van der Waals surface area contributed by atoms with Crippen LogP contribution in [0, 0.1) is 0 Å². The van der Waals surface area contributed by atoms with Gasteiger partial charge in [0, 0.05) is 26.1 Å². The molecule has 0 saturated heterocycles. The summed E-state index contributed by atoms with van der Waals surface area (Å²) in [5, 5.41) is 0.856. The monoisotopic (exact) mass is 481 g/mol. The molecule has 0 N–H and O–H groups in total. The van der Waals surface area contributed by atoms with Crippen LogP contribution in [0.5, 0.6) is 0 Å². The lowest BCUT2D eigenvalue weighted by Crippen LogP contribution is -2.38. The SMILES string of the molecule is Cn1c(=O)c2c(SCCCCN3C(=O)c4ccccc4C3=O)nc(C(C)(C)C)nc2n(C)c1=O. The number of rotatable bonds is 6. The Morgan fingerprint density at radius 2 is 1.50 bits per heavy atom. The van der Waals surface area contributed by atoms with Gasteiger partial charge in [-0.05, 0) is 30.7 Å². The van der Waals surface area contributed by atoms with Crippen LogP contribution < -0.4 is 11.2 Å². The zero-order valence-electron chi connectivity index (χ0n) is 19.9. The molecule has 0 fully saturated rings. The van der Waals surface area contributed by atoms with Crippen LogP contribution in [0.3, 0.4) is 0 Å². The molecule has 0 aliphatic carbocycles. The van der Waals surface area contributed by atoms with Crippen LogP contribution in [0.4, 0.5) is 0 Å². The summed E-state index contributed by atoms with van der Waals surface area (Å²) in [5.41, 5.74) is -0.0101. The van der Waals surface area contributed by atoms with Crippen LogP contribution in [0.2, 0.25) is 0 Å². The number of benzene rings is 1. The molecule has 10 heteroatoms. The number of aryl methyl sites for hydroxylation is 1. The number of aromatic nitrogens is 4. The first kappa shape index (κ1) is 23.9. The van der Waals surface area contributed by atoms with Crippen LogP contribution in [0.25, 0.3) is 11.0 Å². The largest absolute Gasteiger partial charge is 0.332 e. The molecule has 3 aromatic rings. The van der Waals surface area contributed by atoms with Gasteiger partial charge in [0.05, 0.1) is 11.1 Å². The maximum atomic E-state index is 12.9. The Morgan fingerprint density at radius 1 is 0.882 bits per heavy atom. The number of thioether (sulfide) groups is 1. The zero-order valence-corrected chi connectivity index (χ0v) is 20.7. The number of unbranched alkanes of at least 4 members (excludes halogenated alkanes) is 1. The standard InChI is InChI=1S/C24H27N5O4S/c1-24(2,3)22-25-17-16(21(32)28(5)23(33)27(17)4)18(26-22)34-13-9-8-12-29-19(30)14-10-6-7-11-15(14)20(29)31/h6-7,10-11H,8-9,12-13H2,1-5H3. The van der Waals surface area contributed by atoms with Gasteiger partial charge in [0.1, 0.15) is 16.2 Å². The van der Waals surface area contributed by atoms with Crippen molar-refractivity contribution in [3.8, 4) is 0 Å². The van der Waals surface area contributed by atoms with Crippen molar-refractivity contribution in [3.63, 3.8) is 0 Å². The minimum Gasteiger partial charge on any atom is -0.280 e. The van der Waals surface area contributed by atoms with Crippen molar-refractivity contribution in [2.24, 2.45) is 14.1 Å². The number of carbonyl (C=O) groups is 2. The molecule has 2 amide bonds. The summed E-state index contributed by atoms with van der Waals surface area (Å²) in [6.07, 6.45) is 1.34. The van der Waals surface area contributed by atoms with Crippen LogP contribution in [-0.4, -0.2) is 48.1 Å². The van der Waals surface area contributed by atoms with E-state index in [-0.39, 0.29) is 17.2 Å². The van der Waals surface area contributed by atoms with Gasteiger partial charge in [-0.25, -0.2) is 14.8 Å². The molecule has 0 bridgehead atoms. The Kier molecular flexibility index (Phi) is 6.20. The van der Waals surface area contributed by atoms with E-state index in [4.69, 9.17) is 0 Å². The highest BCUT2D eigenvalue weighted by Crippen LogP contribution is 2.28. The van der Waals surface area contributed by atoms with Crippen LogP contribution in [-0.2, 0) is 19.5 Å². The number of fused-ring (bicyclic) bond motifs is 2. The molecule has 178 valence electrons. The Morgan fingerprint density at radius 3 is 2.09 bits per heavy atom. The summed E-state index contributed by atoms with van der Waals surface area (Å²) in [4.78, 5) is 60.9. The van der Waals surface area contributed by atoms with Gasteiger partial charge in [0.2, 0.25) is 0 Å². The topological polar surface area (TPSA) is 107 Å². The molecule has 34 heavy (non-hydrogen) atoms. The van der Waals surface area contributed by atoms with E-state index >= 15 is 0 Å². The molecule has 1 aliphatic rings. The van der Waals surface area contributed by atoms with Gasteiger partial charge in [0.15, 0.2) is 5.65 Å². The van der Waals surface area contributed by atoms with Gasteiger partial charge in [-0.2, -0.15) is 0 Å². The summed E-state index contributed by atoms with van der Waals surface area (Å²) in [5.74, 6) is 0.672. The highest BCUT2D eigenvalue weighted by molar-refractivity contribution is 7.99.